The molecule has 0 N–H and O–H groups in total. The Balaban J connectivity index is 1.84. The molecular weight excluding hydrogens is 229 g/mol. The van der Waals surface area contributed by atoms with Crippen LogP contribution in [0.1, 0.15) is 37.2 Å². The van der Waals surface area contributed by atoms with Gasteiger partial charge >= 0.3 is 0 Å². The Labute approximate surface area is 99.8 Å². The van der Waals surface area contributed by atoms with Crippen LogP contribution < -0.4 is 0 Å². The summed E-state index contributed by atoms with van der Waals surface area (Å²) in [4.78, 5) is 4.13. The van der Waals surface area contributed by atoms with Crippen molar-refractivity contribution >= 4 is 23.2 Å². The fraction of sp³-hybridized carbons (Fsp3) is 0.583. The topological polar surface area (TPSA) is 12.9 Å². The number of fused-ring (bicyclic) bond motifs is 1. The number of hydrogen-bond acceptors (Lipinski definition) is 1. The van der Waals surface area contributed by atoms with Crippen molar-refractivity contribution in [2.75, 3.05) is 0 Å². The van der Waals surface area contributed by atoms with Crippen LogP contribution in [0.5, 0.6) is 0 Å². The van der Waals surface area contributed by atoms with Crippen LogP contribution in [0.25, 0.3) is 0 Å². The predicted molar refractivity (Wildman–Crippen MR) is 62.4 cm³/mol. The van der Waals surface area contributed by atoms with E-state index >= 15 is 0 Å². The molecule has 0 spiro atoms. The molecule has 15 heavy (non-hydrogen) atoms. The van der Waals surface area contributed by atoms with Crippen LogP contribution in [0.4, 0.5) is 0 Å². The molecule has 3 atom stereocenters. The minimum atomic E-state index is 0.418. The van der Waals surface area contributed by atoms with Gasteiger partial charge in [-0.2, -0.15) is 0 Å². The summed E-state index contributed by atoms with van der Waals surface area (Å²) in [5.41, 5.74) is 1.28. The molecule has 80 valence electrons. The van der Waals surface area contributed by atoms with Crippen LogP contribution in [0.15, 0.2) is 12.3 Å². The van der Waals surface area contributed by atoms with Crippen LogP contribution in [0.2, 0.25) is 10.2 Å². The lowest BCUT2D eigenvalue weighted by Gasteiger charge is -2.29. The number of aromatic nitrogens is 1. The number of nitrogens with zero attached hydrogens (tertiary/aromatic N) is 1. The maximum atomic E-state index is 5.99. The minimum absolute atomic E-state index is 0.418. The largest absolute Gasteiger partial charge is 0.243 e. The fourth-order valence-electron chi connectivity index (χ4n) is 3.02. The van der Waals surface area contributed by atoms with E-state index in [2.05, 4.69) is 4.98 Å². The summed E-state index contributed by atoms with van der Waals surface area (Å²) in [6, 6.07) is 1.99. The maximum absolute atomic E-state index is 5.99. The van der Waals surface area contributed by atoms with E-state index in [1.54, 1.807) is 0 Å². The molecule has 0 aromatic carbocycles. The van der Waals surface area contributed by atoms with Gasteiger partial charge in [0.05, 0.1) is 5.02 Å². The fourth-order valence-corrected chi connectivity index (χ4v) is 3.30. The molecule has 1 aromatic heterocycles. The van der Waals surface area contributed by atoms with Crippen molar-refractivity contribution in [2.24, 2.45) is 11.8 Å². The molecule has 3 rings (SSSR count). The van der Waals surface area contributed by atoms with E-state index in [4.69, 9.17) is 23.2 Å². The van der Waals surface area contributed by atoms with Gasteiger partial charge < -0.3 is 0 Å². The van der Waals surface area contributed by atoms with Gasteiger partial charge in [0.1, 0.15) is 5.15 Å². The molecule has 2 aliphatic carbocycles. The summed E-state index contributed by atoms with van der Waals surface area (Å²) in [6.45, 7) is 0. The first kappa shape index (κ1) is 9.92. The molecule has 0 aliphatic heterocycles. The highest BCUT2D eigenvalue weighted by Gasteiger charge is 2.40. The SMILES string of the molecule is Clc1cc(C2C[C@H]3CC[C@H]3C2)cnc1Cl. The van der Waals surface area contributed by atoms with Crippen molar-refractivity contribution < 1.29 is 0 Å². The first-order valence-electron chi connectivity index (χ1n) is 5.55. The third-order valence-corrected chi connectivity index (χ3v) is 4.72. The van der Waals surface area contributed by atoms with E-state index in [-0.39, 0.29) is 0 Å². The van der Waals surface area contributed by atoms with E-state index in [0.717, 1.165) is 11.8 Å². The monoisotopic (exact) mass is 241 g/mol. The molecule has 2 aliphatic rings. The molecular formula is C12H13Cl2N. The van der Waals surface area contributed by atoms with Gasteiger partial charge in [0.25, 0.3) is 0 Å². The zero-order valence-corrected chi connectivity index (χ0v) is 9.93. The van der Waals surface area contributed by atoms with Crippen molar-refractivity contribution in [2.45, 2.75) is 31.6 Å². The highest BCUT2D eigenvalue weighted by atomic mass is 35.5. The highest BCUT2D eigenvalue weighted by molar-refractivity contribution is 6.41. The summed E-state index contributed by atoms with van der Waals surface area (Å²) in [7, 11) is 0. The molecule has 2 saturated carbocycles. The van der Waals surface area contributed by atoms with Crippen LogP contribution in [0, 0.1) is 11.8 Å². The van der Waals surface area contributed by atoms with Gasteiger partial charge in [-0.15, -0.1) is 0 Å². The number of rotatable bonds is 1. The van der Waals surface area contributed by atoms with Crippen molar-refractivity contribution in [1.29, 1.82) is 0 Å². The van der Waals surface area contributed by atoms with E-state index < -0.39 is 0 Å². The van der Waals surface area contributed by atoms with E-state index in [1.165, 1.54) is 31.2 Å². The van der Waals surface area contributed by atoms with Crippen LogP contribution in [0.3, 0.4) is 0 Å². The van der Waals surface area contributed by atoms with Gasteiger partial charge in [-0.05, 0) is 55.1 Å². The minimum Gasteiger partial charge on any atom is -0.243 e. The Morgan fingerprint density at radius 3 is 2.33 bits per heavy atom. The lowest BCUT2D eigenvalue weighted by Crippen LogP contribution is -2.18. The average Bonchev–Trinajstić information content (AvgIpc) is 2.48. The average molecular weight is 242 g/mol. The molecule has 3 heteroatoms. The second-order valence-electron chi connectivity index (χ2n) is 4.81. The van der Waals surface area contributed by atoms with Crippen molar-refractivity contribution in [1.82, 2.24) is 4.98 Å². The third kappa shape index (κ3) is 1.66. The number of halogens is 2. The third-order valence-electron chi connectivity index (χ3n) is 4.04. The first-order valence-corrected chi connectivity index (χ1v) is 6.30. The zero-order chi connectivity index (χ0) is 10.4. The molecule has 1 heterocycles. The molecule has 1 unspecified atom stereocenters. The molecule has 1 nitrogen and oxygen atoms in total. The molecule has 0 radical (unpaired) electrons. The second kappa shape index (κ2) is 3.64. The zero-order valence-electron chi connectivity index (χ0n) is 8.42. The molecule has 2 fully saturated rings. The Bertz CT molecular complexity index is 379. The Hall–Kier alpha value is -0.270. The maximum Gasteiger partial charge on any atom is 0.147 e. The van der Waals surface area contributed by atoms with Crippen molar-refractivity contribution in [3.63, 3.8) is 0 Å². The predicted octanol–water partition coefficient (Wildman–Crippen LogP) is 4.29. The van der Waals surface area contributed by atoms with Gasteiger partial charge in [-0.25, -0.2) is 4.98 Å². The van der Waals surface area contributed by atoms with Crippen LogP contribution >= 0.6 is 23.2 Å². The lowest BCUT2D eigenvalue weighted by atomic mass is 9.77. The van der Waals surface area contributed by atoms with Gasteiger partial charge in [-0.1, -0.05) is 23.2 Å². The number of pyridine rings is 1. The van der Waals surface area contributed by atoms with E-state index in [1.807, 2.05) is 12.3 Å². The molecule has 0 amide bonds. The summed E-state index contributed by atoms with van der Waals surface area (Å²) < 4.78 is 0. The van der Waals surface area contributed by atoms with Gasteiger partial charge in [0.2, 0.25) is 0 Å². The Kier molecular flexibility index (Phi) is 2.41. The highest BCUT2D eigenvalue weighted by Crippen LogP contribution is 2.53. The summed E-state index contributed by atoms with van der Waals surface area (Å²) in [5.74, 6) is 2.62. The molecule has 0 bridgehead atoms. The van der Waals surface area contributed by atoms with Gasteiger partial charge in [-0.3, -0.25) is 0 Å². The van der Waals surface area contributed by atoms with Crippen LogP contribution in [-0.4, -0.2) is 4.98 Å². The standard InChI is InChI=1S/C12H13Cl2N/c13-11-5-10(6-15-12(11)14)9-3-7-1-2-8(7)4-9/h5-9H,1-4H2/t7-,8+,9?. The summed E-state index contributed by atoms with van der Waals surface area (Å²) >= 11 is 11.8. The van der Waals surface area contributed by atoms with E-state index in [0.29, 0.717) is 16.1 Å². The Morgan fingerprint density at radius 1 is 1.13 bits per heavy atom. The normalized spacial score (nSPS) is 33.6. The summed E-state index contributed by atoms with van der Waals surface area (Å²) in [6.07, 6.45) is 7.39. The second-order valence-corrected chi connectivity index (χ2v) is 5.57. The molecule has 1 aromatic rings. The van der Waals surface area contributed by atoms with Crippen LogP contribution in [-0.2, 0) is 0 Å². The smallest absolute Gasteiger partial charge is 0.147 e. The number of hydrogen-bond donors (Lipinski definition) is 0. The van der Waals surface area contributed by atoms with Crippen molar-refractivity contribution in [3.8, 4) is 0 Å². The molecule has 0 saturated heterocycles. The van der Waals surface area contributed by atoms with Crippen molar-refractivity contribution in [3.05, 3.63) is 28.0 Å². The van der Waals surface area contributed by atoms with Gasteiger partial charge in [0.15, 0.2) is 0 Å². The summed E-state index contributed by atoms with van der Waals surface area (Å²) in [5, 5.41) is 1.01. The Morgan fingerprint density at radius 2 is 1.80 bits per heavy atom. The quantitative estimate of drug-likeness (QED) is 0.669. The van der Waals surface area contributed by atoms with E-state index in [9.17, 15) is 0 Å². The van der Waals surface area contributed by atoms with Gasteiger partial charge in [0, 0.05) is 6.20 Å². The first-order chi connectivity index (χ1) is 7.24. The lowest BCUT2D eigenvalue weighted by molar-refractivity contribution is 0.219.